The highest BCUT2D eigenvalue weighted by Gasteiger charge is 2.41. The molecule has 0 radical (unpaired) electrons. The molecule has 2 bridgehead atoms. The number of halogens is 1. The number of carbonyl (C=O) groups excluding carboxylic acids is 1. The predicted octanol–water partition coefficient (Wildman–Crippen LogP) is 4.65. The highest BCUT2D eigenvalue weighted by Crippen LogP contribution is 2.44. The molecule has 2 fully saturated rings. The SMILES string of the molecule is O=C([C@H]1C[C@H]2C=C[C@H]1C2)N1CCCC[C@H](c2ccc(Cl)cc2)C1. The van der Waals surface area contributed by atoms with Crippen LogP contribution in [0.1, 0.15) is 43.6 Å². The Bertz CT molecular complexity index is 609. The normalized spacial score (nSPS) is 33.0. The first kappa shape index (κ1) is 15.3. The summed E-state index contributed by atoms with van der Waals surface area (Å²) in [5.41, 5.74) is 1.32. The molecule has 1 amide bonds. The van der Waals surface area contributed by atoms with Crippen LogP contribution in [0.3, 0.4) is 0 Å². The first-order valence-corrected chi connectivity index (χ1v) is 9.31. The van der Waals surface area contributed by atoms with Gasteiger partial charge in [-0.2, -0.15) is 0 Å². The molecule has 1 heterocycles. The van der Waals surface area contributed by atoms with E-state index in [2.05, 4.69) is 29.2 Å². The first-order valence-electron chi connectivity index (χ1n) is 8.93. The molecule has 1 aromatic rings. The smallest absolute Gasteiger partial charge is 0.226 e. The molecule has 1 aromatic carbocycles. The fourth-order valence-electron chi connectivity index (χ4n) is 4.65. The lowest BCUT2D eigenvalue weighted by Crippen LogP contribution is -2.39. The van der Waals surface area contributed by atoms with Crippen molar-refractivity contribution in [2.24, 2.45) is 17.8 Å². The maximum absolute atomic E-state index is 13.0. The van der Waals surface area contributed by atoms with Crippen molar-refractivity contribution in [1.29, 1.82) is 0 Å². The van der Waals surface area contributed by atoms with Gasteiger partial charge in [-0.15, -0.1) is 0 Å². The molecular formula is C20H24ClNO. The van der Waals surface area contributed by atoms with Crippen molar-refractivity contribution >= 4 is 17.5 Å². The second-order valence-electron chi connectivity index (χ2n) is 7.42. The van der Waals surface area contributed by atoms with E-state index in [1.165, 1.54) is 24.8 Å². The van der Waals surface area contributed by atoms with E-state index < -0.39 is 0 Å². The molecule has 3 aliphatic rings. The largest absolute Gasteiger partial charge is 0.342 e. The molecule has 2 aliphatic carbocycles. The number of likely N-dealkylation sites (tertiary alicyclic amines) is 1. The van der Waals surface area contributed by atoms with Crippen molar-refractivity contribution < 1.29 is 4.79 Å². The van der Waals surface area contributed by atoms with Crippen molar-refractivity contribution in [2.75, 3.05) is 13.1 Å². The Hall–Kier alpha value is -1.28. The van der Waals surface area contributed by atoms with Crippen LogP contribution in [-0.4, -0.2) is 23.9 Å². The average molecular weight is 330 g/mol. The summed E-state index contributed by atoms with van der Waals surface area (Å²) < 4.78 is 0. The monoisotopic (exact) mass is 329 g/mol. The van der Waals surface area contributed by atoms with Gasteiger partial charge in [-0.1, -0.05) is 42.3 Å². The second kappa shape index (κ2) is 6.32. The van der Waals surface area contributed by atoms with E-state index in [9.17, 15) is 4.79 Å². The van der Waals surface area contributed by atoms with Gasteiger partial charge in [0.25, 0.3) is 0 Å². The zero-order chi connectivity index (χ0) is 15.8. The van der Waals surface area contributed by atoms with Gasteiger partial charge >= 0.3 is 0 Å². The van der Waals surface area contributed by atoms with Crippen LogP contribution in [0.4, 0.5) is 0 Å². The lowest BCUT2D eigenvalue weighted by Gasteiger charge is -2.29. The Morgan fingerprint density at radius 2 is 1.91 bits per heavy atom. The molecule has 1 aliphatic heterocycles. The van der Waals surface area contributed by atoms with Crippen molar-refractivity contribution in [3.05, 3.63) is 47.0 Å². The molecule has 1 saturated heterocycles. The number of benzene rings is 1. The molecule has 0 unspecified atom stereocenters. The van der Waals surface area contributed by atoms with E-state index in [0.717, 1.165) is 31.0 Å². The van der Waals surface area contributed by atoms with Gasteiger partial charge in [0.15, 0.2) is 0 Å². The van der Waals surface area contributed by atoms with Gasteiger partial charge in [0.2, 0.25) is 5.91 Å². The Morgan fingerprint density at radius 3 is 2.61 bits per heavy atom. The fraction of sp³-hybridized carbons (Fsp3) is 0.550. The molecule has 4 atom stereocenters. The van der Waals surface area contributed by atoms with Gasteiger partial charge in [-0.25, -0.2) is 0 Å². The lowest BCUT2D eigenvalue weighted by molar-refractivity contribution is -0.136. The third-order valence-electron chi connectivity index (χ3n) is 5.92. The third kappa shape index (κ3) is 3.06. The van der Waals surface area contributed by atoms with Crippen LogP contribution in [0.15, 0.2) is 36.4 Å². The molecule has 0 spiro atoms. The fourth-order valence-corrected chi connectivity index (χ4v) is 4.77. The van der Waals surface area contributed by atoms with Crippen molar-refractivity contribution in [2.45, 2.75) is 38.0 Å². The number of nitrogens with zero attached hydrogens (tertiary/aromatic N) is 1. The van der Waals surface area contributed by atoms with Crippen molar-refractivity contribution in [3.8, 4) is 0 Å². The molecule has 4 rings (SSSR count). The Labute approximate surface area is 143 Å². The molecule has 0 N–H and O–H groups in total. The number of rotatable bonds is 2. The van der Waals surface area contributed by atoms with E-state index in [4.69, 9.17) is 11.6 Å². The summed E-state index contributed by atoms with van der Waals surface area (Å²) in [4.78, 5) is 15.2. The number of amides is 1. The molecule has 3 heteroatoms. The van der Waals surface area contributed by atoms with Crippen LogP contribution in [0.2, 0.25) is 5.02 Å². The van der Waals surface area contributed by atoms with Crippen molar-refractivity contribution in [3.63, 3.8) is 0 Å². The van der Waals surface area contributed by atoms with Crippen molar-refractivity contribution in [1.82, 2.24) is 4.90 Å². The summed E-state index contributed by atoms with van der Waals surface area (Å²) in [7, 11) is 0. The Balaban J connectivity index is 1.48. The van der Waals surface area contributed by atoms with E-state index in [-0.39, 0.29) is 5.92 Å². The van der Waals surface area contributed by atoms with Crippen LogP contribution >= 0.6 is 11.6 Å². The molecule has 2 nitrogen and oxygen atoms in total. The van der Waals surface area contributed by atoms with E-state index in [1.54, 1.807) is 0 Å². The van der Waals surface area contributed by atoms with Gasteiger partial charge in [0.1, 0.15) is 0 Å². The molecular weight excluding hydrogens is 306 g/mol. The van der Waals surface area contributed by atoms with Gasteiger partial charge in [0.05, 0.1) is 0 Å². The molecule has 122 valence electrons. The zero-order valence-electron chi connectivity index (χ0n) is 13.5. The maximum atomic E-state index is 13.0. The molecule has 23 heavy (non-hydrogen) atoms. The summed E-state index contributed by atoms with van der Waals surface area (Å²) in [6.45, 7) is 1.80. The van der Waals surface area contributed by atoms with Gasteiger partial charge in [-0.3, -0.25) is 4.79 Å². The number of fused-ring (bicyclic) bond motifs is 2. The third-order valence-corrected chi connectivity index (χ3v) is 6.17. The van der Waals surface area contributed by atoms with Gasteiger partial charge in [0, 0.05) is 29.9 Å². The summed E-state index contributed by atoms with van der Waals surface area (Å²) in [6.07, 6.45) is 10.4. The van der Waals surface area contributed by atoms with E-state index in [0.29, 0.717) is 23.7 Å². The van der Waals surface area contributed by atoms with Gasteiger partial charge in [-0.05, 0) is 55.2 Å². The Kier molecular flexibility index (Phi) is 4.19. The van der Waals surface area contributed by atoms with Crippen LogP contribution in [0, 0.1) is 17.8 Å². The maximum Gasteiger partial charge on any atom is 0.226 e. The highest BCUT2D eigenvalue weighted by molar-refractivity contribution is 6.30. The lowest BCUT2D eigenvalue weighted by atomic mass is 9.91. The van der Waals surface area contributed by atoms with Crippen LogP contribution in [0.25, 0.3) is 0 Å². The molecule has 0 aromatic heterocycles. The van der Waals surface area contributed by atoms with Gasteiger partial charge < -0.3 is 4.90 Å². The highest BCUT2D eigenvalue weighted by atomic mass is 35.5. The number of hydrogen-bond acceptors (Lipinski definition) is 1. The number of carbonyl (C=O) groups is 1. The second-order valence-corrected chi connectivity index (χ2v) is 7.85. The first-order chi connectivity index (χ1) is 11.2. The average Bonchev–Trinajstić information content (AvgIpc) is 3.11. The minimum absolute atomic E-state index is 0.244. The summed E-state index contributed by atoms with van der Waals surface area (Å²) >= 11 is 6.01. The Morgan fingerprint density at radius 1 is 1.09 bits per heavy atom. The number of hydrogen-bond donors (Lipinski definition) is 0. The van der Waals surface area contributed by atoms with Crippen LogP contribution in [-0.2, 0) is 4.79 Å². The topological polar surface area (TPSA) is 20.3 Å². The minimum atomic E-state index is 0.244. The van der Waals surface area contributed by atoms with E-state index in [1.807, 2.05) is 12.1 Å². The summed E-state index contributed by atoms with van der Waals surface area (Å²) in [5.74, 6) is 2.27. The standard InChI is InChI=1S/C20H24ClNO/c21-18-8-6-15(7-9-18)17-3-1-2-10-22(13-17)20(23)19-12-14-4-5-16(19)11-14/h4-9,14,16-17,19H,1-3,10-13H2/t14-,16-,17-,19-/m0/s1. The summed E-state index contributed by atoms with van der Waals surface area (Å²) in [5, 5.41) is 0.782. The minimum Gasteiger partial charge on any atom is -0.342 e. The van der Waals surface area contributed by atoms with E-state index >= 15 is 0 Å². The predicted molar refractivity (Wildman–Crippen MR) is 93.5 cm³/mol. The summed E-state index contributed by atoms with van der Waals surface area (Å²) in [6, 6.07) is 8.19. The van der Waals surface area contributed by atoms with Crippen LogP contribution < -0.4 is 0 Å². The van der Waals surface area contributed by atoms with Crippen LogP contribution in [0.5, 0.6) is 0 Å². The number of allylic oxidation sites excluding steroid dienone is 2. The molecule has 1 saturated carbocycles. The quantitative estimate of drug-likeness (QED) is 0.723. The zero-order valence-corrected chi connectivity index (χ0v) is 14.2.